The van der Waals surface area contributed by atoms with Crippen molar-refractivity contribution >= 4 is 0 Å². The Morgan fingerprint density at radius 2 is 1.68 bits per heavy atom. The van der Waals surface area contributed by atoms with Crippen LogP contribution in [0, 0.1) is 26.7 Å². The molecule has 0 saturated heterocycles. The Kier molecular flexibility index (Phi) is 7.55. The van der Waals surface area contributed by atoms with Gasteiger partial charge in [0.15, 0.2) is 0 Å². The van der Waals surface area contributed by atoms with Gasteiger partial charge in [0.1, 0.15) is 11.9 Å². The van der Waals surface area contributed by atoms with Crippen LogP contribution in [0.5, 0.6) is 5.75 Å². The van der Waals surface area contributed by atoms with Crippen LogP contribution in [0.4, 0.5) is 0 Å². The zero-order chi connectivity index (χ0) is 18.2. The van der Waals surface area contributed by atoms with Gasteiger partial charge in [-0.2, -0.15) is 0 Å². The molecule has 0 fully saturated rings. The smallest absolute Gasteiger partial charge is 0.119 e. The summed E-state index contributed by atoms with van der Waals surface area (Å²) in [6, 6.07) is 15.0. The van der Waals surface area contributed by atoms with E-state index in [1.165, 1.54) is 36.0 Å². The minimum atomic E-state index is 0.254. The summed E-state index contributed by atoms with van der Waals surface area (Å²) in [6.07, 6.45) is 6.08. The lowest BCUT2D eigenvalue weighted by Gasteiger charge is -2.28. The van der Waals surface area contributed by atoms with Gasteiger partial charge in [-0.15, -0.1) is 0 Å². The second-order valence-corrected chi connectivity index (χ2v) is 7.23. The van der Waals surface area contributed by atoms with Crippen LogP contribution in [0.1, 0.15) is 61.8 Å². The van der Waals surface area contributed by atoms with Gasteiger partial charge >= 0.3 is 0 Å². The average Bonchev–Trinajstić information content (AvgIpc) is 2.61. The highest BCUT2D eigenvalue weighted by molar-refractivity contribution is 5.31. The molecule has 0 aromatic heterocycles. The molecule has 2 rings (SSSR count). The summed E-state index contributed by atoms with van der Waals surface area (Å²) in [4.78, 5) is 0. The summed E-state index contributed by atoms with van der Waals surface area (Å²) in [5.41, 5.74) is 5.20. The third-order valence-electron chi connectivity index (χ3n) is 5.14. The van der Waals surface area contributed by atoms with Gasteiger partial charge < -0.3 is 4.74 Å². The van der Waals surface area contributed by atoms with E-state index in [0.29, 0.717) is 5.92 Å². The molecule has 135 valence electrons. The SMILES string of the molecule is [CH2]c1ccc(OC(CC)C(CCCC)Cc2ccc(C)c(C)c2)cc1. The first-order valence-electron chi connectivity index (χ1n) is 9.68. The van der Waals surface area contributed by atoms with E-state index in [-0.39, 0.29) is 6.10 Å². The number of unbranched alkanes of at least 4 members (excludes halogenated alkanes) is 1. The first kappa shape index (κ1) is 19.6. The lowest BCUT2D eigenvalue weighted by atomic mass is 9.87. The van der Waals surface area contributed by atoms with Crippen LogP contribution in [-0.4, -0.2) is 6.10 Å². The van der Waals surface area contributed by atoms with Crippen molar-refractivity contribution in [3.05, 3.63) is 71.6 Å². The van der Waals surface area contributed by atoms with Gasteiger partial charge in [-0.1, -0.05) is 57.0 Å². The van der Waals surface area contributed by atoms with Crippen LogP contribution in [0.15, 0.2) is 42.5 Å². The number of aryl methyl sites for hydroxylation is 2. The highest BCUT2D eigenvalue weighted by Crippen LogP contribution is 2.26. The molecule has 0 amide bonds. The topological polar surface area (TPSA) is 9.23 Å². The molecule has 0 bridgehead atoms. The lowest BCUT2D eigenvalue weighted by molar-refractivity contribution is 0.121. The van der Waals surface area contributed by atoms with Crippen molar-refractivity contribution in [2.24, 2.45) is 5.92 Å². The van der Waals surface area contributed by atoms with Crippen molar-refractivity contribution < 1.29 is 4.74 Å². The summed E-state index contributed by atoms with van der Waals surface area (Å²) >= 11 is 0. The molecule has 25 heavy (non-hydrogen) atoms. The van der Waals surface area contributed by atoms with E-state index >= 15 is 0 Å². The van der Waals surface area contributed by atoms with Gasteiger partial charge in [0, 0.05) is 0 Å². The third kappa shape index (κ3) is 5.92. The van der Waals surface area contributed by atoms with E-state index in [0.717, 1.165) is 24.2 Å². The maximum atomic E-state index is 6.38. The molecule has 1 radical (unpaired) electrons. The van der Waals surface area contributed by atoms with Crippen molar-refractivity contribution in [1.29, 1.82) is 0 Å². The second-order valence-electron chi connectivity index (χ2n) is 7.23. The molecule has 1 nitrogen and oxygen atoms in total. The van der Waals surface area contributed by atoms with Gasteiger partial charge in [-0.25, -0.2) is 0 Å². The monoisotopic (exact) mass is 337 g/mol. The Hall–Kier alpha value is -1.76. The van der Waals surface area contributed by atoms with Crippen LogP contribution in [0.2, 0.25) is 0 Å². The lowest BCUT2D eigenvalue weighted by Crippen LogP contribution is -2.28. The predicted molar refractivity (Wildman–Crippen MR) is 108 cm³/mol. The van der Waals surface area contributed by atoms with Gasteiger partial charge in [0.05, 0.1) is 0 Å². The molecule has 2 aromatic carbocycles. The zero-order valence-electron chi connectivity index (χ0n) is 16.3. The molecule has 0 aliphatic heterocycles. The molecule has 2 aromatic rings. The number of hydrogen-bond donors (Lipinski definition) is 0. The average molecular weight is 338 g/mol. The molecule has 2 unspecified atom stereocenters. The highest BCUT2D eigenvalue weighted by Gasteiger charge is 2.22. The normalized spacial score (nSPS) is 13.5. The Morgan fingerprint density at radius 1 is 0.960 bits per heavy atom. The van der Waals surface area contributed by atoms with Gasteiger partial charge in [0.25, 0.3) is 0 Å². The first-order chi connectivity index (χ1) is 12.0. The summed E-state index contributed by atoms with van der Waals surface area (Å²) in [5.74, 6) is 1.51. The number of benzene rings is 2. The summed E-state index contributed by atoms with van der Waals surface area (Å²) < 4.78 is 6.38. The van der Waals surface area contributed by atoms with Crippen LogP contribution in [0.25, 0.3) is 0 Å². The van der Waals surface area contributed by atoms with Crippen molar-refractivity contribution in [1.82, 2.24) is 0 Å². The first-order valence-corrected chi connectivity index (χ1v) is 9.68. The van der Waals surface area contributed by atoms with E-state index in [9.17, 15) is 0 Å². The minimum Gasteiger partial charge on any atom is -0.490 e. The maximum Gasteiger partial charge on any atom is 0.119 e. The fourth-order valence-corrected chi connectivity index (χ4v) is 3.37. The molecular weight excluding hydrogens is 304 g/mol. The van der Waals surface area contributed by atoms with E-state index in [1.807, 2.05) is 24.3 Å². The molecule has 0 heterocycles. The molecule has 0 saturated carbocycles. The fourth-order valence-electron chi connectivity index (χ4n) is 3.37. The third-order valence-corrected chi connectivity index (χ3v) is 5.14. The Bertz CT molecular complexity index is 642. The van der Waals surface area contributed by atoms with E-state index < -0.39 is 0 Å². The maximum absolute atomic E-state index is 6.38. The second kappa shape index (κ2) is 9.65. The summed E-state index contributed by atoms with van der Waals surface area (Å²) in [6.45, 7) is 12.8. The van der Waals surface area contributed by atoms with Crippen LogP contribution >= 0.6 is 0 Å². The van der Waals surface area contributed by atoms with Crippen LogP contribution in [0.3, 0.4) is 0 Å². The van der Waals surface area contributed by atoms with Gasteiger partial charge in [-0.05, 0) is 80.3 Å². The van der Waals surface area contributed by atoms with E-state index in [2.05, 4.69) is 52.8 Å². The van der Waals surface area contributed by atoms with Crippen LogP contribution < -0.4 is 4.74 Å². The van der Waals surface area contributed by atoms with Crippen molar-refractivity contribution in [3.8, 4) is 5.75 Å². The largest absolute Gasteiger partial charge is 0.490 e. The Labute approximate surface area is 154 Å². The van der Waals surface area contributed by atoms with Crippen molar-refractivity contribution in [3.63, 3.8) is 0 Å². The standard InChI is InChI=1S/C24H33O/c1-6-8-9-22(17-21-13-12-19(4)20(5)16-21)24(7-2)25-23-14-10-18(3)11-15-23/h10-16,22,24H,3,6-9,17H2,1-2,4-5H3. The van der Waals surface area contributed by atoms with Gasteiger partial charge in [0.2, 0.25) is 0 Å². The quantitative estimate of drug-likeness (QED) is 0.495. The number of hydrogen-bond acceptors (Lipinski definition) is 1. The molecular formula is C24H33O. The summed E-state index contributed by atoms with van der Waals surface area (Å²) in [5, 5.41) is 0. The molecule has 0 spiro atoms. The number of rotatable bonds is 9. The zero-order valence-corrected chi connectivity index (χ0v) is 16.3. The fraction of sp³-hybridized carbons (Fsp3) is 0.458. The minimum absolute atomic E-state index is 0.254. The van der Waals surface area contributed by atoms with E-state index in [1.54, 1.807) is 0 Å². The Balaban J connectivity index is 2.14. The van der Waals surface area contributed by atoms with E-state index in [4.69, 9.17) is 4.74 Å². The highest BCUT2D eigenvalue weighted by atomic mass is 16.5. The predicted octanol–water partition coefficient (Wildman–Crippen LogP) is 6.69. The molecule has 1 heteroatoms. The van der Waals surface area contributed by atoms with Crippen LogP contribution in [-0.2, 0) is 6.42 Å². The Morgan fingerprint density at radius 3 is 2.28 bits per heavy atom. The molecule has 0 aliphatic rings. The number of ether oxygens (including phenoxy) is 1. The molecule has 0 N–H and O–H groups in total. The van der Waals surface area contributed by atoms with Gasteiger partial charge in [-0.3, -0.25) is 0 Å². The van der Waals surface area contributed by atoms with Crippen molar-refractivity contribution in [2.75, 3.05) is 0 Å². The molecule has 0 aliphatic carbocycles. The summed E-state index contributed by atoms with van der Waals surface area (Å²) in [7, 11) is 0. The molecule has 2 atom stereocenters. The van der Waals surface area contributed by atoms with Crippen molar-refractivity contribution in [2.45, 2.75) is 65.9 Å².